The van der Waals surface area contributed by atoms with Gasteiger partial charge in [-0.25, -0.2) is 0 Å². The molecule has 0 aliphatic carbocycles. The molecule has 3 heterocycles. The van der Waals surface area contributed by atoms with Gasteiger partial charge in [-0.1, -0.05) is 11.3 Å². The van der Waals surface area contributed by atoms with Gasteiger partial charge in [-0.2, -0.15) is 0 Å². The number of nitrogens with zero attached hydrogens (tertiary/aromatic N) is 4. The van der Waals surface area contributed by atoms with E-state index in [0.717, 1.165) is 37.6 Å². The number of amides is 1. The van der Waals surface area contributed by atoms with E-state index in [2.05, 4.69) is 15.1 Å². The Balaban J connectivity index is 1.62. The fourth-order valence-corrected chi connectivity index (χ4v) is 3.25. The van der Waals surface area contributed by atoms with Gasteiger partial charge in [0.1, 0.15) is 5.01 Å². The van der Waals surface area contributed by atoms with Crippen molar-refractivity contribution in [3.8, 4) is 0 Å². The molecule has 1 aromatic rings. The first kappa shape index (κ1) is 10.9. The standard InChI is InChI=1S/C10H15N5OS/c11-10-13-12-8(17-10)6-14-3-4-15-7(5-14)1-2-9(15)16/h7H,1-6H2,(H2,11,13). The molecule has 2 fully saturated rings. The largest absolute Gasteiger partial charge is 0.374 e. The van der Waals surface area contributed by atoms with Crippen LogP contribution in [0.15, 0.2) is 0 Å². The van der Waals surface area contributed by atoms with Crippen LogP contribution >= 0.6 is 11.3 Å². The van der Waals surface area contributed by atoms with Crippen molar-refractivity contribution >= 4 is 22.4 Å². The molecule has 17 heavy (non-hydrogen) atoms. The molecule has 0 radical (unpaired) electrons. The van der Waals surface area contributed by atoms with Crippen molar-refractivity contribution in [1.82, 2.24) is 20.0 Å². The molecule has 0 aromatic carbocycles. The molecule has 0 spiro atoms. The molecule has 1 amide bonds. The smallest absolute Gasteiger partial charge is 0.222 e. The fraction of sp³-hybridized carbons (Fsp3) is 0.700. The highest BCUT2D eigenvalue weighted by Gasteiger charge is 2.35. The van der Waals surface area contributed by atoms with E-state index in [0.29, 0.717) is 23.5 Å². The van der Waals surface area contributed by atoms with E-state index < -0.39 is 0 Å². The van der Waals surface area contributed by atoms with Crippen LogP contribution in [0.1, 0.15) is 17.8 Å². The summed E-state index contributed by atoms with van der Waals surface area (Å²) in [5.41, 5.74) is 5.56. The minimum Gasteiger partial charge on any atom is -0.374 e. The van der Waals surface area contributed by atoms with Crippen molar-refractivity contribution in [2.45, 2.75) is 25.4 Å². The normalized spacial score (nSPS) is 25.3. The molecule has 0 saturated carbocycles. The summed E-state index contributed by atoms with van der Waals surface area (Å²) in [5.74, 6) is 0.315. The van der Waals surface area contributed by atoms with Crippen molar-refractivity contribution in [2.75, 3.05) is 25.4 Å². The highest BCUT2D eigenvalue weighted by atomic mass is 32.1. The maximum Gasteiger partial charge on any atom is 0.222 e. The van der Waals surface area contributed by atoms with Crippen LogP contribution in [0, 0.1) is 0 Å². The van der Waals surface area contributed by atoms with Crippen LogP contribution in [0.5, 0.6) is 0 Å². The zero-order valence-corrected chi connectivity index (χ0v) is 10.3. The molecule has 92 valence electrons. The van der Waals surface area contributed by atoms with Crippen LogP contribution in [0.3, 0.4) is 0 Å². The van der Waals surface area contributed by atoms with Crippen LogP contribution in [-0.4, -0.2) is 51.6 Å². The average molecular weight is 253 g/mol. The number of aromatic nitrogens is 2. The number of fused-ring (bicyclic) bond motifs is 1. The van der Waals surface area contributed by atoms with E-state index in [-0.39, 0.29) is 0 Å². The molecule has 2 aliphatic heterocycles. The first-order valence-corrected chi connectivity index (χ1v) is 6.64. The number of rotatable bonds is 2. The number of nitrogen functional groups attached to an aromatic ring is 1. The van der Waals surface area contributed by atoms with Crippen LogP contribution in [0.4, 0.5) is 5.13 Å². The number of hydrogen-bond donors (Lipinski definition) is 1. The Morgan fingerprint density at radius 3 is 3.06 bits per heavy atom. The summed E-state index contributed by atoms with van der Waals surface area (Å²) in [7, 11) is 0. The zero-order chi connectivity index (χ0) is 11.8. The molecule has 7 heteroatoms. The highest BCUT2D eigenvalue weighted by molar-refractivity contribution is 7.15. The third-order valence-corrected chi connectivity index (χ3v) is 4.16. The third kappa shape index (κ3) is 2.12. The Morgan fingerprint density at radius 2 is 2.29 bits per heavy atom. The summed E-state index contributed by atoms with van der Waals surface area (Å²) in [5, 5.41) is 9.33. The van der Waals surface area contributed by atoms with E-state index in [1.807, 2.05) is 4.90 Å². The Morgan fingerprint density at radius 1 is 1.41 bits per heavy atom. The maximum absolute atomic E-state index is 11.5. The third-order valence-electron chi connectivity index (χ3n) is 3.42. The number of carbonyl (C=O) groups is 1. The van der Waals surface area contributed by atoms with E-state index in [1.165, 1.54) is 11.3 Å². The van der Waals surface area contributed by atoms with Crippen molar-refractivity contribution < 1.29 is 4.79 Å². The van der Waals surface area contributed by atoms with Gasteiger partial charge in [0.25, 0.3) is 0 Å². The molecule has 1 unspecified atom stereocenters. The second-order valence-corrected chi connectivity index (χ2v) is 5.64. The van der Waals surface area contributed by atoms with Gasteiger partial charge in [-0.05, 0) is 6.42 Å². The summed E-state index contributed by atoms with van der Waals surface area (Å²) in [4.78, 5) is 15.9. The predicted molar refractivity (Wildman–Crippen MR) is 64.3 cm³/mol. The van der Waals surface area contributed by atoms with Gasteiger partial charge in [0.15, 0.2) is 0 Å². The van der Waals surface area contributed by atoms with Crippen molar-refractivity contribution in [3.63, 3.8) is 0 Å². The number of anilines is 1. The molecule has 0 bridgehead atoms. The van der Waals surface area contributed by atoms with Crippen molar-refractivity contribution in [2.24, 2.45) is 0 Å². The lowest BCUT2D eigenvalue weighted by molar-refractivity contribution is -0.130. The van der Waals surface area contributed by atoms with Gasteiger partial charge in [-0.3, -0.25) is 9.69 Å². The molecule has 2 aliphatic rings. The van der Waals surface area contributed by atoms with Crippen molar-refractivity contribution in [1.29, 1.82) is 0 Å². The van der Waals surface area contributed by atoms with Gasteiger partial charge in [0.2, 0.25) is 11.0 Å². The van der Waals surface area contributed by atoms with Crippen LogP contribution in [0.25, 0.3) is 0 Å². The van der Waals surface area contributed by atoms with Gasteiger partial charge in [-0.15, -0.1) is 10.2 Å². The second kappa shape index (κ2) is 4.23. The molecule has 1 atom stereocenters. The van der Waals surface area contributed by atoms with Gasteiger partial charge >= 0.3 is 0 Å². The minimum atomic E-state index is 0.315. The van der Waals surface area contributed by atoms with Crippen LogP contribution in [-0.2, 0) is 11.3 Å². The van der Waals surface area contributed by atoms with Crippen LogP contribution in [0.2, 0.25) is 0 Å². The summed E-state index contributed by atoms with van der Waals surface area (Å²) < 4.78 is 0. The highest BCUT2D eigenvalue weighted by Crippen LogP contribution is 2.24. The van der Waals surface area contributed by atoms with E-state index in [4.69, 9.17) is 5.73 Å². The average Bonchev–Trinajstić information content (AvgIpc) is 2.87. The summed E-state index contributed by atoms with van der Waals surface area (Å²) in [6.45, 7) is 3.51. The monoisotopic (exact) mass is 253 g/mol. The van der Waals surface area contributed by atoms with Crippen LogP contribution < -0.4 is 5.73 Å². The number of nitrogens with two attached hydrogens (primary N) is 1. The Bertz CT molecular complexity index is 434. The first-order valence-electron chi connectivity index (χ1n) is 5.82. The predicted octanol–water partition coefficient (Wildman–Crippen LogP) is -0.0731. The zero-order valence-electron chi connectivity index (χ0n) is 9.50. The van der Waals surface area contributed by atoms with Crippen molar-refractivity contribution in [3.05, 3.63) is 5.01 Å². The summed E-state index contributed by atoms with van der Waals surface area (Å²) >= 11 is 1.44. The summed E-state index contributed by atoms with van der Waals surface area (Å²) in [6, 6.07) is 0.404. The quantitative estimate of drug-likeness (QED) is 0.798. The molecule has 3 rings (SSSR count). The molecule has 1 aromatic heterocycles. The number of piperazine rings is 1. The van der Waals surface area contributed by atoms with Gasteiger partial charge < -0.3 is 10.6 Å². The molecule has 2 N–H and O–H groups in total. The first-order chi connectivity index (χ1) is 8.22. The Labute approximate surface area is 103 Å². The lowest BCUT2D eigenvalue weighted by atomic mass is 10.1. The Kier molecular flexibility index (Phi) is 2.71. The summed E-state index contributed by atoms with van der Waals surface area (Å²) in [6.07, 6.45) is 1.71. The number of carbonyl (C=O) groups excluding carboxylic acids is 1. The molecule has 6 nitrogen and oxygen atoms in total. The van der Waals surface area contributed by atoms with Gasteiger partial charge in [0, 0.05) is 32.1 Å². The van der Waals surface area contributed by atoms with E-state index in [9.17, 15) is 4.79 Å². The topological polar surface area (TPSA) is 75.3 Å². The second-order valence-electron chi connectivity index (χ2n) is 4.55. The van der Waals surface area contributed by atoms with E-state index in [1.54, 1.807) is 0 Å². The molecular formula is C10H15N5OS. The maximum atomic E-state index is 11.5. The van der Waals surface area contributed by atoms with Gasteiger partial charge in [0.05, 0.1) is 6.54 Å². The molecular weight excluding hydrogens is 238 g/mol. The fourth-order valence-electron chi connectivity index (χ4n) is 2.59. The Hall–Kier alpha value is -1.21. The number of hydrogen-bond acceptors (Lipinski definition) is 6. The lowest BCUT2D eigenvalue weighted by Gasteiger charge is -2.37. The minimum absolute atomic E-state index is 0.315. The van der Waals surface area contributed by atoms with E-state index >= 15 is 0 Å². The lowest BCUT2D eigenvalue weighted by Crippen LogP contribution is -2.50. The SMILES string of the molecule is Nc1nnc(CN2CCN3C(=O)CCC3C2)s1. The molecule has 2 saturated heterocycles.